The van der Waals surface area contributed by atoms with E-state index in [-0.39, 0.29) is 5.75 Å². The summed E-state index contributed by atoms with van der Waals surface area (Å²) in [4.78, 5) is 2.37. The van der Waals surface area contributed by atoms with Gasteiger partial charge in [-0.2, -0.15) is 0 Å². The highest BCUT2D eigenvalue weighted by Crippen LogP contribution is 2.34. The predicted molar refractivity (Wildman–Crippen MR) is 78.3 cm³/mol. The molecule has 1 N–H and O–H groups in total. The second-order valence-electron chi connectivity index (χ2n) is 5.50. The zero-order chi connectivity index (χ0) is 14.8. The number of aromatic hydroxyl groups is 1. The molecule has 2 heterocycles. The number of rotatable bonds is 4. The highest BCUT2D eigenvalue weighted by atomic mass is 16.5. The molecule has 1 atom stereocenters. The number of likely N-dealkylation sites (tertiary alicyclic amines) is 1. The number of phenolic OH excluding ortho intramolecular Hbond substituents is 1. The highest BCUT2D eigenvalue weighted by molar-refractivity contribution is 5.41. The van der Waals surface area contributed by atoms with Crippen molar-refractivity contribution in [1.82, 2.24) is 10.1 Å². The first-order valence-corrected chi connectivity index (χ1v) is 7.20. The summed E-state index contributed by atoms with van der Waals surface area (Å²) < 4.78 is 10.3. The first-order chi connectivity index (χ1) is 10.2. The molecule has 1 aliphatic heterocycles. The second kappa shape index (κ2) is 5.77. The average molecular weight is 288 g/mol. The maximum atomic E-state index is 9.88. The normalized spacial score (nSPS) is 19.0. The van der Waals surface area contributed by atoms with Crippen LogP contribution in [0, 0.1) is 6.92 Å². The number of aryl methyl sites for hydroxylation is 1. The number of ether oxygens (including phenoxy) is 1. The molecule has 0 radical (unpaired) electrons. The van der Waals surface area contributed by atoms with Gasteiger partial charge in [0.25, 0.3) is 0 Å². The maximum absolute atomic E-state index is 9.88. The molecule has 0 unspecified atom stereocenters. The van der Waals surface area contributed by atoms with Crippen molar-refractivity contribution in [3.63, 3.8) is 0 Å². The van der Waals surface area contributed by atoms with Gasteiger partial charge in [-0.25, -0.2) is 0 Å². The number of phenols is 1. The van der Waals surface area contributed by atoms with Crippen molar-refractivity contribution in [2.45, 2.75) is 32.4 Å². The highest BCUT2D eigenvalue weighted by Gasteiger charge is 2.28. The minimum atomic E-state index is 0.183. The molecule has 21 heavy (non-hydrogen) atoms. The molecule has 0 spiro atoms. The Morgan fingerprint density at radius 1 is 1.43 bits per heavy atom. The summed E-state index contributed by atoms with van der Waals surface area (Å²) in [7, 11) is 1.55. The standard InChI is InChI=1S/C16H20N2O3/c1-11-8-13(17-21-11)14-4-3-7-18(14)10-12-5-6-16(20-2)15(19)9-12/h5-6,8-9,14,19H,3-4,7,10H2,1-2H3/t14-/m1/s1. The van der Waals surface area contributed by atoms with Crippen molar-refractivity contribution in [1.29, 1.82) is 0 Å². The van der Waals surface area contributed by atoms with Gasteiger partial charge in [0.15, 0.2) is 11.5 Å². The molecule has 1 aromatic carbocycles. The summed E-state index contributed by atoms with van der Waals surface area (Å²) in [5, 5.41) is 14.0. The van der Waals surface area contributed by atoms with Gasteiger partial charge in [0.2, 0.25) is 0 Å². The average Bonchev–Trinajstić information content (AvgIpc) is 3.08. The molecule has 0 bridgehead atoms. The molecule has 0 saturated carbocycles. The van der Waals surface area contributed by atoms with E-state index < -0.39 is 0 Å². The quantitative estimate of drug-likeness (QED) is 0.937. The summed E-state index contributed by atoms with van der Waals surface area (Å²) in [5.74, 6) is 1.53. The van der Waals surface area contributed by atoms with Gasteiger partial charge in [0.05, 0.1) is 13.2 Å². The van der Waals surface area contributed by atoms with Crippen LogP contribution in [0.2, 0.25) is 0 Å². The summed E-state index contributed by atoms with van der Waals surface area (Å²) in [6, 6.07) is 7.86. The van der Waals surface area contributed by atoms with Gasteiger partial charge in [-0.15, -0.1) is 0 Å². The molecule has 0 aliphatic carbocycles. The van der Waals surface area contributed by atoms with E-state index >= 15 is 0 Å². The van der Waals surface area contributed by atoms with E-state index in [1.807, 2.05) is 19.1 Å². The first-order valence-electron chi connectivity index (χ1n) is 7.20. The molecule has 5 heteroatoms. The Balaban J connectivity index is 1.75. The van der Waals surface area contributed by atoms with E-state index in [9.17, 15) is 5.11 Å². The summed E-state index contributed by atoms with van der Waals surface area (Å²) in [6.45, 7) is 3.73. The van der Waals surface area contributed by atoms with E-state index in [0.29, 0.717) is 11.8 Å². The number of benzene rings is 1. The lowest BCUT2D eigenvalue weighted by molar-refractivity contribution is 0.236. The fourth-order valence-electron chi connectivity index (χ4n) is 2.96. The Labute approximate surface area is 124 Å². The van der Waals surface area contributed by atoms with Crippen LogP contribution >= 0.6 is 0 Å². The molecular formula is C16H20N2O3. The van der Waals surface area contributed by atoms with E-state index in [1.54, 1.807) is 19.2 Å². The third-order valence-corrected chi connectivity index (χ3v) is 3.98. The van der Waals surface area contributed by atoms with E-state index in [2.05, 4.69) is 10.1 Å². The smallest absolute Gasteiger partial charge is 0.160 e. The SMILES string of the molecule is COc1ccc(CN2CCC[C@@H]2c2cc(C)on2)cc1O. The Hall–Kier alpha value is -2.01. The molecule has 112 valence electrons. The van der Waals surface area contributed by atoms with Crippen LogP contribution in [0.5, 0.6) is 11.5 Å². The third kappa shape index (κ3) is 2.88. The lowest BCUT2D eigenvalue weighted by atomic mass is 10.1. The fraction of sp³-hybridized carbons (Fsp3) is 0.438. The van der Waals surface area contributed by atoms with Crippen molar-refractivity contribution in [2.24, 2.45) is 0 Å². The van der Waals surface area contributed by atoms with Crippen LogP contribution in [0.15, 0.2) is 28.8 Å². The van der Waals surface area contributed by atoms with E-state index in [4.69, 9.17) is 9.26 Å². The van der Waals surface area contributed by atoms with Crippen LogP contribution in [0.1, 0.15) is 35.9 Å². The van der Waals surface area contributed by atoms with Crippen LogP contribution in [-0.2, 0) is 6.54 Å². The summed E-state index contributed by atoms with van der Waals surface area (Å²) >= 11 is 0. The zero-order valence-corrected chi connectivity index (χ0v) is 12.4. The van der Waals surface area contributed by atoms with Crippen LogP contribution in [0.3, 0.4) is 0 Å². The molecule has 5 nitrogen and oxygen atoms in total. The van der Waals surface area contributed by atoms with Gasteiger partial charge in [0.1, 0.15) is 11.5 Å². The Bertz CT molecular complexity index is 624. The molecule has 1 fully saturated rings. The Morgan fingerprint density at radius 2 is 2.29 bits per heavy atom. The van der Waals surface area contributed by atoms with Gasteiger partial charge in [-0.05, 0) is 44.0 Å². The third-order valence-electron chi connectivity index (χ3n) is 3.98. The fourth-order valence-corrected chi connectivity index (χ4v) is 2.96. The Kier molecular flexibility index (Phi) is 3.84. The van der Waals surface area contributed by atoms with Gasteiger partial charge >= 0.3 is 0 Å². The molecular weight excluding hydrogens is 268 g/mol. The minimum Gasteiger partial charge on any atom is -0.504 e. The van der Waals surface area contributed by atoms with Gasteiger partial charge in [-0.3, -0.25) is 4.90 Å². The largest absolute Gasteiger partial charge is 0.504 e. The van der Waals surface area contributed by atoms with Gasteiger partial charge < -0.3 is 14.4 Å². The van der Waals surface area contributed by atoms with Crippen LogP contribution in [0.4, 0.5) is 0 Å². The van der Waals surface area contributed by atoms with Crippen molar-refractivity contribution < 1.29 is 14.4 Å². The molecule has 1 saturated heterocycles. The van der Waals surface area contributed by atoms with Crippen molar-refractivity contribution in [3.8, 4) is 11.5 Å². The van der Waals surface area contributed by atoms with Crippen molar-refractivity contribution in [2.75, 3.05) is 13.7 Å². The Morgan fingerprint density at radius 3 is 2.95 bits per heavy atom. The first kappa shape index (κ1) is 13.9. The maximum Gasteiger partial charge on any atom is 0.160 e. The topological polar surface area (TPSA) is 58.7 Å². The molecule has 3 rings (SSSR count). The summed E-state index contributed by atoms with van der Waals surface area (Å²) in [6.07, 6.45) is 2.24. The number of aromatic nitrogens is 1. The number of methoxy groups -OCH3 is 1. The molecule has 1 aromatic heterocycles. The van der Waals surface area contributed by atoms with Crippen LogP contribution in [-0.4, -0.2) is 28.8 Å². The summed E-state index contributed by atoms with van der Waals surface area (Å²) in [5.41, 5.74) is 2.07. The second-order valence-corrected chi connectivity index (χ2v) is 5.50. The van der Waals surface area contributed by atoms with Gasteiger partial charge in [-0.1, -0.05) is 11.2 Å². The molecule has 0 amide bonds. The minimum absolute atomic E-state index is 0.183. The number of hydrogen-bond acceptors (Lipinski definition) is 5. The van der Waals surface area contributed by atoms with Crippen molar-refractivity contribution in [3.05, 3.63) is 41.3 Å². The lowest BCUT2D eigenvalue weighted by Gasteiger charge is -2.22. The van der Waals surface area contributed by atoms with E-state index in [1.165, 1.54) is 0 Å². The van der Waals surface area contributed by atoms with E-state index in [0.717, 1.165) is 42.9 Å². The number of nitrogens with zero attached hydrogens (tertiary/aromatic N) is 2. The monoisotopic (exact) mass is 288 g/mol. The van der Waals surface area contributed by atoms with Gasteiger partial charge in [0, 0.05) is 12.6 Å². The zero-order valence-electron chi connectivity index (χ0n) is 12.4. The van der Waals surface area contributed by atoms with Crippen LogP contribution < -0.4 is 4.74 Å². The van der Waals surface area contributed by atoms with Crippen LogP contribution in [0.25, 0.3) is 0 Å². The molecule has 2 aromatic rings. The predicted octanol–water partition coefficient (Wildman–Crippen LogP) is 3.03. The van der Waals surface area contributed by atoms with Crippen molar-refractivity contribution >= 4 is 0 Å². The number of hydrogen-bond donors (Lipinski definition) is 1. The lowest BCUT2D eigenvalue weighted by Crippen LogP contribution is -2.22. The molecule has 1 aliphatic rings.